The third-order valence-corrected chi connectivity index (χ3v) is 3.85. The molecular formula is C16H19BrFN3. The summed E-state index contributed by atoms with van der Waals surface area (Å²) in [7, 11) is 1.95. The fourth-order valence-electron chi connectivity index (χ4n) is 2.36. The van der Waals surface area contributed by atoms with Crippen LogP contribution in [0.5, 0.6) is 0 Å². The van der Waals surface area contributed by atoms with Crippen LogP contribution in [0.3, 0.4) is 0 Å². The second-order valence-electron chi connectivity index (χ2n) is 5.06. The van der Waals surface area contributed by atoms with Gasteiger partial charge < -0.3 is 5.32 Å². The zero-order chi connectivity index (χ0) is 15.4. The molecule has 3 nitrogen and oxygen atoms in total. The molecule has 1 N–H and O–H groups in total. The van der Waals surface area contributed by atoms with Crippen molar-refractivity contribution >= 4 is 15.9 Å². The first kappa shape index (κ1) is 16.0. The van der Waals surface area contributed by atoms with Crippen LogP contribution in [0.4, 0.5) is 4.39 Å². The predicted molar refractivity (Wildman–Crippen MR) is 86.8 cm³/mol. The number of aryl methyl sites for hydroxylation is 2. The van der Waals surface area contributed by atoms with Crippen LogP contribution in [0.2, 0.25) is 0 Å². The second kappa shape index (κ2) is 7.09. The topological polar surface area (TPSA) is 37.8 Å². The minimum Gasteiger partial charge on any atom is -0.320 e. The maximum absolute atomic E-state index is 13.5. The summed E-state index contributed by atoms with van der Waals surface area (Å²) in [4.78, 5) is 9.09. The van der Waals surface area contributed by atoms with Gasteiger partial charge in [0.05, 0.1) is 0 Å². The van der Waals surface area contributed by atoms with Crippen molar-refractivity contribution in [3.63, 3.8) is 0 Å². The Morgan fingerprint density at radius 1 is 1.14 bits per heavy atom. The summed E-state index contributed by atoms with van der Waals surface area (Å²) in [5, 5.41) is 3.14. The fourth-order valence-corrected chi connectivity index (χ4v) is 2.82. The van der Waals surface area contributed by atoms with E-state index in [2.05, 4.69) is 31.2 Å². The summed E-state index contributed by atoms with van der Waals surface area (Å²) in [5.41, 5.74) is 3.81. The fraction of sp³-hybridized carbons (Fsp3) is 0.375. The van der Waals surface area contributed by atoms with Crippen LogP contribution in [0, 0.1) is 19.7 Å². The van der Waals surface area contributed by atoms with E-state index in [1.165, 1.54) is 17.7 Å². The highest BCUT2D eigenvalue weighted by atomic mass is 79.9. The van der Waals surface area contributed by atoms with Crippen LogP contribution in [0.15, 0.2) is 22.7 Å². The van der Waals surface area contributed by atoms with Crippen molar-refractivity contribution in [2.24, 2.45) is 0 Å². The summed E-state index contributed by atoms with van der Waals surface area (Å²) in [6.45, 7) is 4.94. The minimum atomic E-state index is -0.295. The summed E-state index contributed by atoms with van der Waals surface area (Å²) < 4.78 is 14.2. The number of rotatable bonds is 5. The molecule has 0 atom stereocenters. The molecule has 112 valence electrons. The Morgan fingerprint density at radius 3 is 2.38 bits per heavy atom. The van der Waals surface area contributed by atoms with Gasteiger partial charge in [-0.2, -0.15) is 0 Å². The lowest BCUT2D eigenvalue weighted by atomic mass is 10.1. The average Bonchev–Trinajstić information content (AvgIpc) is 2.40. The molecule has 2 aromatic rings. The van der Waals surface area contributed by atoms with Crippen LogP contribution < -0.4 is 5.32 Å². The molecule has 2 rings (SSSR count). The molecule has 21 heavy (non-hydrogen) atoms. The highest BCUT2D eigenvalue weighted by Crippen LogP contribution is 2.24. The van der Waals surface area contributed by atoms with Gasteiger partial charge in [-0.05, 0) is 64.0 Å². The molecule has 1 heterocycles. The normalized spacial score (nSPS) is 10.9. The van der Waals surface area contributed by atoms with E-state index in [0.29, 0.717) is 15.9 Å². The second-order valence-corrected chi connectivity index (χ2v) is 5.98. The van der Waals surface area contributed by atoms with Crippen LogP contribution >= 0.6 is 15.9 Å². The Kier molecular flexibility index (Phi) is 5.42. The Morgan fingerprint density at radius 2 is 1.81 bits per heavy atom. The number of benzene rings is 1. The molecule has 0 aliphatic heterocycles. The zero-order valence-corrected chi connectivity index (χ0v) is 14.1. The summed E-state index contributed by atoms with van der Waals surface area (Å²) in [6.07, 6.45) is 2.00. The summed E-state index contributed by atoms with van der Waals surface area (Å²) in [6, 6.07) is 4.72. The van der Waals surface area contributed by atoms with Gasteiger partial charge in [0, 0.05) is 21.4 Å². The minimum absolute atomic E-state index is 0.295. The van der Waals surface area contributed by atoms with Gasteiger partial charge >= 0.3 is 0 Å². The number of hydrogen-bond acceptors (Lipinski definition) is 3. The SMILES string of the molecule is CNCCCc1c(C)nc(-c2cc(F)cc(Br)c2)nc1C. The first-order chi connectivity index (χ1) is 10.0. The number of hydrogen-bond donors (Lipinski definition) is 1. The molecular weight excluding hydrogens is 333 g/mol. The van der Waals surface area contributed by atoms with Crippen molar-refractivity contribution in [2.75, 3.05) is 13.6 Å². The van der Waals surface area contributed by atoms with Crippen molar-refractivity contribution in [3.05, 3.63) is 45.4 Å². The van der Waals surface area contributed by atoms with Gasteiger partial charge in [-0.25, -0.2) is 14.4 Å². The Balaban J connectivity index is 2.34. The Bertz CT molecular complexity index is 600. The summed E-state index contributed by atoms with van der Waals surface area (Å²) in [5.74, 6) is 0.277. The van der Waals surface area contributed by atoms with Crippen molar-refractivity contribution in [1.29, 1.82) is 0 Å². The molecule has 1 aromatic carbocycles. The van der Waals surface area contributed by atoms with E-state index < -0.39 is 0 Å². The van der Waals surface area contributed by atoms with E-state index in [1.807, 2.05) is 27.0 Å². The average molecular weight is 352 g/mol. The lowest BCUT2D eigenvalue weighted by Gasteiger charge is -2.11. The molecule has 5 heteroatoms. The third-order valence-electron chi connectivity index (χ3n) is 3.39. The Hall–Kier alpha value is -1.33. The monoisotopic (exact) mass is 351 g/mol. The molecule has 0 saturated carbocycles. The molecule has 0 bridgehead atoms. The number of nitrogens with zero attached hydrogens (tertiary/aromatic N) is 2. The van der Waals surface area contributed by atoms with Gasteiger partial charge in [0.2, 0.25) is 0 Å². The van der Waals surface area contributed by atoms with Crippen LogP contribution in [-0.4, -0.2) is 23.6 Å². The van der Waals surface area contributed by atoms with Gasteiger partial charge in [0.15, 0.2) is 5.82 Å². The maximum Gasteiger partial charge on any atom is 0.159 e. The first-order valence-corrected chi connectivity index (χ1v) is 7.75. The predicted octanol–water partition coefficient (Wildman–Crippen LogP) is 3.81. The molecule has 0 amide bonds. The molecule has 0 radical (unpaired) electrons. The quantitative estimate of drug-likeness (QED) is 0.832. The highest BCUT2D eigenvalue weighted by molar-refractivity contribution is 9.10. The zero-order valence-electron chi connectivity index (χ0n) is 12.5. The molecule has 0 aliphatic carbocycles. The largest absolute Gasteiger partial charge is 0.320 e. The molecule has 0 spiro atoms. The van der Waals surface area contributed by atoms with Crippen LogP contribution in [0.25, 0.3) is 11.4 Å². The molecule has 0 aliphatic rings. The van der Waals surface area contributed by atoms with Crippen molar-refractivity contribution in [3.8, 4) is 11.4 Å². The molecule has 0 saturated heterocycles. The van der Waals surface area contributed by atoms with Gasteiger partial charge in [0.1, 0.15) is 5.82 Å². The maximum atomic E-state index is 13.5. The lowest BCUT2D eigenvalue weighted by molar-refractivity contribution is 0.627. The third kappa shape index (κ3) is 4.08. The van der Waals surface area contributed by atoms with Gasteiger partial charge in [-0.15, -0.1) is 0 Å². The number of aromatic nitrogens is 2. The Labute approximate surface area is 133 Å². The van der Waals surface area contributed by atoms with E-state index in [0.717, 1.165) is 30.8 Å². The first-order valence-electron chi connectivity index (χ1n) is 6.96. The number of nitrogens with one attached hydrogen (secondary N) is 1. The van der Waals surface area contributed by atoms with Gasteiger partial charge in [-0.1, -0.05) is 15.9 Å². The van der Waals surface area contributed by atoms with E-state index >= 15 is 0 Å². The smallest absolute Gasteiger partial charge is 0.159 e. The van der Waals surface area contributed by atoms with Crippen molar-refractivity contribution < 1.29 is 4.39 Å². The van der Waals surface area contributed by atoms with E-state index in [-0.39, 0.29) is 5.82 Å². The number of halogens is 2. The molecule has 0 fully saturated rings. The van der Waals surface area contributed by atoms with Crippen LogP contribution in [-0.2, 0) is 6.42 Å². The van der Waals surface area contributed by atoms with E-state index in [9.17, 15) is 4.39 Å². The van der Waals surface area contributed by atoms with Crippen molar-refractivity contribution in [2.45, 2.75) is 26.7 Å². The van der Waals surface area contributed by atoms with Gasteiger partial charge in [0.25, 0.3) is 0 Å². The molecule has 0 unspecified atom stereocenters. The van der Waals surface area contributed by atoms with E-state index in [1.54, 1.807) is 0 Å². The van der Waals surface area contributed by atoms with E-state index in [4.69, 9.17) is 0 Å². The molecule has 1 aromatic heterocycles. The van der Waals surface area contributed by atoms with Gasteiger partial charge in [-0.3, -0.25) is 0 Å². The van der Waals surface area contributed by atoms with Crippen molar-refractivity contribution in [1.82, 2.24) is 15.3 Å². The standard InChI is InChI=1S/C16H19BrFN3/c1-10-15(5-4-6-19-3)11(2)21-16(20-10)12-7-13(17)9-14(18)8-12/h7-9,19H,4-6H2,1-3H3. The summed E-state index contributed by atoms with van der Waals surface area (Å²) >= 11 is 3.30. The van der Waals surface area contributed by atoms with Crippen LogP contribution in [0.1, 0.15) is 23.4 Å². The highest BCUT2D eigenvalue weighted by Gasteiger charge is 2.11. The lowest BCUT2D eigenvalue weighted by Crippen LogP contribution is -2.10.